The summed E-state index contributed by atoms with van der Waals surface area (Å²) < 4.78 is 5.61. The third-order valence-corrected chi connectivity index (χ3v) is 6.27. The molecule has 5 rings (SSSR count). The van der Waals surface area contributed by atoms with Gasteiger partial charge in [-0.25, -0.2) is 4.98 Å². The Hall–Kier alpha value is -2.79. The number of piperazine rings is 1. The van der Waals surface area contributed by atoms with Crippen LogP contribution in [-0.2, 0) is 13.0 Å². The third kappa shape index (κ3) is 3.62. The fourth-order valence-corrected chi connectivity index (χ4v) is 4.39. The first-order chi connectivity index (χ1) is 14.2. The minimum atomic E-state index is 0.788. The van der Waals surface area contributed by atoms with Gasteiger partial charge >= 0.3 is 0 Å². The summed E-state index contributed by atoms with van der Waals surface area (Å²) in [6.07, 6.45) is 2.97. The van der Waals surface area contributed by atoms with Gasteiger partial charge in [-0.2, -0.15) is 0 Å². The molecule has 0 atom stereocenters. The number of aromatic nitrogens is 2. The van der Waals surface area contributed by atoms with Crippen molar-refractivity contribution in [1.29, 1.82) is 0 Å². The number of ether oxygens (including phenoxy) is 1. The number of hydrogen-bond acceptors (Lipinski definition) is 4. The number of rotatable bonds is 4. The summed E-state index contributed by atoms with van der Waals surface area (Å²) in [5.74, 6) is 1.96. The predicted molar refractivity (Wildman–Crippen MR) is 117 cm³/mol. The van der Waals surface area contributed by atoms with Crippen molar-refractivity contribution in [1.82, 2.24) is 14.9 Å². The molecule has 0 amide bonds. The van der Waals surface area contributed by atoms with Crippen molar-refractivity contribution in [2.45, 2.75) is 26.8 Å². The van der Waals surface area contributed by atoms with Crippen molar-refractivity contribution in [3.05, 3.63) is 65.0 Å². The van der Waals surface area contributed by atoms with Gasteiger partial charge in [-0.3, -0.25) is 4.90 Å². The lowest BCUT2D eigenvalue weighted by atomic mass is 10.1. The van der Waals surface area contributed by atoms with Gasteiger partial charge in [0, 0.05) is 62.3 Å². The van der Waals surface area contributed by atoms with Crippen LogP contribution in [0.3, 0.4) is 0 Å². The van der Waals surface area contributed by atoms with Crippen molar-refractivity contribution in [2.75, 3.05) is 37.7 Å². The van der Waals surface area contributed by atoms with E-state index in [1.54, 1.807) is 0 Å². The van der Waals surface area contributed by atoms with Crippen molar-refractivity contribution < 1.29 is 4.74 Å². The highest BCUT2D eigenvalue weighted by atomic mass is 16.5. The zero-order valence-electron chi connectivity index (χ0n) is 17.2. The maximum absolute atomic E-state index is 5.61. The van der Waals surface area contributed by atoms with Gasteiger partial charge in [-0.05, 0) is 54.8 Å². The lowest BCUT2D eigenvalue weighted by Crippen LogP contribution is -2.46. The summed E-state index contributed by atoms with van der Waals surface area (Å²) in [6, 6.07) is 13.0. The van der Waals surface area contributed by atoms with E-state index in [1.165, 1.54) is 28.1 Å². The number of aryl methyl sites for hydroxylation is 1. The second-order valence-corrected chi connectivity index (χ2v) is 8.16. The molecule has 1 N–H and O–H groups in total. The van der Waals surface area contributed by atoms with Gasteiger partial charge in [-0.1, -0.05) is 12.1 Å². The molecule has 0 unspecified atom stereocenters. The minimum absolute atomic E-state index is 0.788. The molecule has 1 aromatic heterocycles. The summed E-state index contributed by atoms with van der Waals surface area (Å²) in [4.78, 5) is 13.2. The molecule has 150 valence electrons. The molecule has 0 saturated carbocycles. The molecule has 3 aromatic rings. The van der Waals surface area contributed by atoms with Crippen LogP contribution in [0, 0.1) is 13.8 Å². The number of nitrogens with zero attached hydrogens (tertiary/aromatic N) is 3. The Labute approximate surface area is 172 Å². The molecule has 0 aliphatic carbocycles. The first-order valence-electron chi connectivity index (χ1n) is 10.5. The number of anilines is 1. The Balaban J connectivity index is 1.22. The number of imidazole rings is 1. The van der Waals surface area contributed by atoms with E-state index in [4.69, 9.17) is 4.74 Å². The summed E-state index contributed by atoms with van der Waals surface area (Å²) in [5, 5.41) is 0. The third-order valence-electron chi connectivity index (χ3n) is 6.27. The van der Waals surface area contributed by atoms with Gasteiger partial charge < -0.3 is 14.6 Å². The van der Waals surface area contributed by atoms with Gasteiger partial charge in [0.05, 0.1) is 6.61 Å². The summed E-state index contributed by atoms with van der Waals surface area (Å²) in [6.45, 7) is 10.4. The highest BCUT2D eigenvalue weighted by Gasteiger charge is 2.20. The van der Waals surface area contributed by atoms with Crippen LogP contribution >= 0.6 is 0 Å². The van der Waals surface area contributed by atoms with Gasteiger partial charge in [0.15, 0.2) is 0 Å². The molecule has 3 heterocycles. The normalized spacial score (nSPS) is 16.7. The second kappa shape index (κ2) is 7.56. The van der Waals surface area contributed by atoms with Crippen LogP contribution in [-0.4, -0.2) is 47.7 Å². The molecular formula is C24H28N4O. The molecule has 5 nitrogen and oxygen atoms in total. The van der Waals surface area contributed by atoms with E-state index in [0.717, 1.165) is 62.9 Å². The summed E-state index contributed by atoms with van der Waals surface area (Å²) in [7, 11) is 0. The van der Waals surface area contributed by atoms with Crippen molar-refractivity contribution in [3.63, 3.8) is 0 Å². The largest absolute Gasteiger partial charge is 0.493 e. The summed E-state index contributed by atoms with van der Waals surface area (Å²) in [5.41, 5.74) is 7.75. The molecule has 29 heavy (non-hydrogen) atoms. The van der Waals surface area contributed by atoms with Crippen LogP contribution in [0.2, 0.25) is 0 Å². The van der Waals surface area contributed by atoms with Gasteiger partial charge in [0.1, 0.15) is 11.6 Å². The highest BCUT2D eigenvalue weighted by Crippen LogP contribution is 2.29. The first kappa shape index (κ1) is 18.3. The standard InChI is InChI=1S/C24H28N4O/c1-17-4-3-5-22(18(17)2)28-11-9-27(10-12-28)16-21-15-25-24(26-21)20-6-7-23-19(14-20)8-13-29-23/h3-7,14-15H,8-13,16H2,1-2H3,(H,25,26). The van der Waals surface area contributed by atoms with Gasteiger partial charge in [0.25, 0.3) is 0 Å². The van der Waals surface area contributed by atoms with Crippen molar-refractivity contribution in [3.8, 4) is 17.1 Å². The molecule has 2 aromatic carbocycles. The Bertz CT molecular complexity index is 1020. The van der Waals surface area contributed by atoms with E-state index in [1.807, 2.05) is 6.20 Å². The smallest absolute Gasteiger partial charge is 0.137 e. The van der Waals surface area contributed by atoms with Gasteiger partial charge in [0.2, 0.25) is 0 Å². The number of fused-ring (bicyclic) bond motifs is 1. The van der Waals surface area contributed by atoms with Crippen LogP contribution in [0.1, 0.15) is 22.4 Å². The van der Waals surface area contributed by atoms with Crippen LogP contribution in [0.25, 0.3) is 11.4 Å². The van der Waals surface area contributed by atoms with Crippen LogP contribution in [0.5, 0.6) is 5.75 Å². The molecule has 0 bridgehead atoms. The van der Waals surface area contributed by atoms with E-state index in [-0.39, 0.29) is 0 Å². The molecule has 2 aliphatic heterocycles. The molecular weight excluding hydrogens is 360 g/mol. The lowest BCUT2D eigenvalue weighted by molar-refractivity contribution is 0.247. The number of aromatic amines is 1. The Kier molecular flexibility index (Phi) is 4.76. The van der Waals surface area contributed by atoms with E-state index in [9.17, 15) is 0 Å². The van der Waals surface area contributed by atoms with Crippen LogP contribution in [0.15, 0.2) is 42.6 Å². The van der Waals surface area contributed by atoms with E-state index < -0.39 is 0 Å². The zero-order valence-corrected chi connectivity index (χ0v) is 17.2. The second-order valence-electron chi connectivity index (χ2n) is 8.16. The minimum Gasteiger partial charge on any atom is -0.493 e. The average molecular weight is 389 g/mol. The average Bonchev–Trinajstić information content (AvgIpc) is 3.39. The van der Waals surface area contributed by atoms with Crippen molar-refractivity contribution >= 4 is 5.69 Å². The predicted octanol–water partition coefficient (Wildman–Crippen LogP) is 3.95. The quantitative estimate of drug-likeness (QED) is 0.735. The lowest BCUT2D eigenvalue weighted by Gasteiger charge is -2.36. The van der Waals surface area contributed by atoms with Gasteiger partial charge in [-0.15, -0.1) is 0 Å². The molecule has 1 fully saturated rings. The molecule has 2 aliphatic rings. The maximum atomic E-state index is 5.61. The Morgan fingerprint density at radius 3 is 2.79 bits per heavy atom. The Morgan fingerprint density at radius 1 is 1.07 bits per heavy atom. The van der Waals surface area contributed by atoms with Crippen molar-refractivity contribution in [2.24, 2.45) is 0 Å². The van der Waals surface area contributed by atoms with E-state index >= 15 is 0 Å². The number of H-pyrrole nitrogens is 1. The van der Waals surface area contributed by atoms with E-state index in [0.29, 0.717) is 0 Å². The number of hydrogen-bond donors (Lipinski definition) is 1. The fraction of sp³-hybridized carbons (Fsp3) is 0.375. The highest BCUT2D eigenvalue weighted by molar-refractivity contribution is 5.60. The molecule has 1 saturated heterocycles. The van der Waals surface area contributed by atoms with Crippen LogP contribution < -0.4 is 9.64 Å². The first-order valence-corrected chi connectivity index (χ1v) is 10.5. The topological polar surface area (TPSA) is 44.4 Å². The van der Waals surface area contributed by atoms with Crippen LogP contribution in [0.4, 0.5) is 5.69 Å². The SMILES string of the molecule is Cc1cccc(N2CCN(Cc3cnc(-c4ccc5c(c4)CCO5)[nH]3)CC2)c1C. The summed E-state index contributed by atoms with van der Waals surface area (Å²) >= 11 is 0. The zero-order chi connectivity index (χ0) is 19.8. The monoisotopic (exact) mass is 388 g/mol. The Morgan fingerprint density at radius 2 is 1.93 bits per heavy atom. The molecule has 5 heteroatoms. The molecule has 0 spiro atoms. The fourth-order valence-electron chi connectivity index (χ4n) is 4.39. The number of nitrogens with one attached hydrogen (secondary N) is 1. The maximum Gasteiger partial charge on any atom is 0.137 e. The number of benzene rings is 2. The molecule has 0 radical (unpaired) electrons. The van der Waals surface area contributed by atoms with E-state index in [2.05, 4.69) is 70.0 Å².